The number of rotatable bonds is 6. The van der Waals surface area contributed by atoms with E-state index in [2.05, 4.69) is 10.6 Å². The lowest BCUT2D eigenvalue weighted by atomic mass is 10.2. The van der Waals surface area contributed by atoms with Crippen LogP contribution in [0.5, 0.6) is 5.75 Å². The van der Waals surface area contributed by atoms with Crippen LogP contribution in [0, 0.1) is 6.92 Å². The lowest BCUT2D eigenvalue weighted by molar-refractivity contribution is -0.127. The maximum absolute atomic E-state index is 12.1. The monoisotopic (exact) mass is 327 g/mol. The number of benzene rings is 2. The van der Waals surface area contributed by atoms with Crippen molar-refractivity contribution in [1.82, 2.24) is 5.32 Å². The van der Waals surface area contributed by atoms with Crippen molar-refractivity contribution < 1.29 is 14.3 Å². The highest BCUT2D eigenvalue weighted by Gasteiger charge is 2.14. The van der Waals surface area contributed by atoms with E-state index in [4.69, 9.17) is 10.5 Å². The van der Waals surface area contributed by atoms with Gasteiger partial charge in [-0.2, -0.15) is 0 Å². The molecule has 6 heteroatoms. The van der Waals surface area contributed by atoms with Crippen molar-refractivity contribution in [2.45, 2.75) is 26.5 Å². The fourth-order valence-electron chi connectivity index (χ4n) is 2.06. The minimum atomic E-state index is -0.613. The van der Waals surface area contributed by atoms with Crippen molar-refractivity contribution in [3.05, 3.63) is 59.7 Å². The van der Waals surface area contributed by atoms with Gasteiger partial charge in [0.05, 0.1) is 0 Å². The molecule has 4 N–H and O–H groups in total. The van der Waals surface area contributed by atoms with Crippen molar-refractivity contribution in [3.63, 3.8) is 0 Å². The fraction of sp³-hybridized carbons (Fsp3) is 0.222. The zero-order chi connectivity index (χ0) is 17.5. The molecule has 0 aliphatic heterocycles. The predicted molar refractivity (Wildman–Crippen MR) is 92.8 cm³/mol. The van der Waals surface area contributed by atoms with Crippen molar-refractivity contribution >= 4 is 17.6 Å². The molecular formula is C18H21N3O3. The molecule has 0 fully saturated rings. The highest BCUT2D eigenvalue weighted by molar-refractivity contribution is 5.87. The van der Waals surface area contributed by atoms with E-state index in [-0.39, 0.29) is 5.91 Å². The van der Waals surface area contributed by atoms with Gasteiger partial charge in [0, 0.05) is 12.2 Å². The molecule has 0 saturated carbocycles. The molecule has 0 bridgehead atoms. The Morgan fingerprint density at radius 1 is 1.08 bits per heavy atom. The van der Waals surface area contributed by atoms with Crippen molar-refractivity contribution in [2.75, 3.05) is 5.32 Å². The Kier molecular flexibility index (Phi) is 5.78. The molecule has 0 aromatic heterocycles. The van der Waals surface area contributed by atoms with E-state index < -0.39 is 12.1 Å². The van der Waals surface area contributed by atoms with Crippen LogP contribution in [-0.4, -0.2) is 18.0 Å². The minimum Gasteiger partial charge on any atom is -0.481 e. The van der Waals surface area contributed by atoms with Crippen LogP contribution in [0.15, 0.2) is 48.5 Å². The number of hydrogen-bond acceptors (Lipinski definition) is 3. The van der Waals surface area contributed by atoms with Gasteiger partial charge in [-0.05, 0) is 43.7 Å². The van der Waals surface area contributed by atoms with Gasteiger partial charge in [0.15, 0.2) is 6.10 Å². The average Bonchev–Trinajstić information content (AvgIpc) is 2.55. The lowest BCUT2D eigenvalue weighted by Crippen LogP contribution is -2.35. The number of primary amides is 1. The number of nitrogens with one attached hydrogen (secondary N) is 2. The largest absolute Gasteiger partial charge is 0.481 e. The molecular weight excluding hydrogens is 306 g/mol. The van der Waals surface area contributed by atoms with E-state index in [1.165, 1.54) is 0 Å². The number of urea groups is 1. The quantitative estimate of drug-likeness (QED) is 0.761. The second kappa shape index (κ2) is 8.01. The third-order valence-corrected chi connectivity index (χ3v) is 3.39. The second-order valence-electron chi connectivity index (χ2n) is 5.48. The summed E-state index contributed by atoms with van der Waals surface area (Å²) in [6.07, 6.45) is -0.594. The molecule has 2 rings (SSSR count). The van der Waals surface area contributed by atoms with Crippen LogP contribution in [0.25, 0.3) is 0 Å². The first-order chi connectivity index (χ1) is 11.4. The van der Waals surface area contributed by atoms with Gasteiger partial charge < -0.3 is 21.1 Å². The zero-order valence-electron chi connectivity index (χ0n) is 13.7. The summed E-state index contributed by atoms with van der Waals surface area (Å²) < 4.78 is 5.61. The lowest BCUT2D eigenvalue weighted by Gasteiger charge is -2.15. The van der Waals surface area contributed by atoms with E-state index in [1.807, 2.05) is 31.2 Å². The molecule has 1 atom stereocenters. The van der Waals surface area contributed by atoms with Crippen LogP contribution in [0.1, 0.15) is 18.1 Å². The highest BCUT2D eigenvalue weighted by atomic mass is 16.5. The van der Waals surface area contributed by atoms with Crippen LogP contribution in [0.3, 0.4) is 0 Å². The molecule has 1 unspecified atom stereocenters. The summed E-state index contributed by atoms with van der Waals surface area (Å²) in [6, 6.07) is 14.0. The first-order valence-corrected chi connectivity index (χ1v) is 7.60. The molecule has 6 nitrogen and oxygen atoms in total. The number of carbonyl (C=O) groups is 2. The molecule has 0 aliphatic rings. The average molecular weight is 327 g/mol. The van der Waals surface area contributed by atoms with E-state index in [0.717, 1.165) is 11.1 Å². The summed E-state index contributed by atoms with van der Waals surface area (Å²) in [4.78, 5) is 22.8. The molecule has 0 radical (unpaired) electrons. The van der Waals surface area contributed by atoms with Gasteiger partial charge in [-0.3, -0.25) is 4.79 Å². The second-order valence-corrected chi connectivity index (χ2v) is 5.48. The Hall–Kier alpha value is -3.02. The summed E-state index contributed by atoms with van der Waals surface area (Å²) in [7, 11) is 0. The third-order valence-electron chi connectivity index (χ3n) is 3.39. The Labute approximate surface area is 141 Å². The number of nitrogens with two attached hydrogens (primary N) is 1. The SMILES string of the molecule is Cc1ccc(OC(C)C(=O)NCc2ccc(NC(N)=O)cc2)cc1. The maximum atomic E-state index is 12.1. The number of anilines is 1. The smallest absolute Gasteiger partial charge is 0.316 e. The molecule has 0 heterocycles. The van der Waals surface area contributed by atoms with Crippen molar-refractivity contribution in [2.24, 2.45) is 5.73 Å². The summed E-state index contributed by atoms with van der Waals surface area (Å²) in [5, 5.41) is 5.29. The summed E-state index contributed by atoms with van der Waals surface area (Å²) in [5.74, 6) is 0.458. The standard InChI is InChI=1S/C18H21N3O3/c1-12-3-9-16(10-4-12)24-13(2)17(22)20-11-14-5-7-15(8-6-14)21-18(19)23/h3-10,13H,11H2,1-2H3,(H,20,22)(H3,19,21,23). The van der Waals surface area contributed by atoms with Gasteiger partial charge in [0.1, 0.15) is 5.75 Å². The number of amides is 3. The Morgan fingerprint density at radius 3 is 2.29 bits per heavy atom. The van der Waals surface area contributed by atoms with E-state index in [0.29, 0.717) is 18.0 Å². The zero-order valence-corrected chi connectivity index (χ0v) is 13.7. The highest BCUT2D eigenvalue weighted by Crippen LogP contribution is 2.13. The summed E-state index contributed by atoms with van der Waals surface area (Å²) in [5.41, 5.74) is 7.69. The van der Waals surface area contributed by atoms with Crippen LogP contribution in [0.2, 0.25) is 0 Å². The van der Waals surface area contributed by atoms with Gasteiger partial charge in [0.2, 0.25) is 0 Å². The van der Waals surface area contributed by atoms with Gasteiger partial charge in [-0.25, -0.2) is 4.79 Å². The first-order valence-electron chi connectivity index (χ1n) is 7.60. The Morgan fingerprint density at radius 2 is 1.71 bits per heavy atom. The Bertz CT molecular complexity index is 696. The first kappa shape index (κ1) is 17.3. The molecule has 0 saturated heterocycles. The normalized spacial score (nSPS) is 11.4. The van der Waals surface area contributed by atoms with Gasteiger partial charge >= 0.3 is 6.03 Å². The number of ether oxygens (including phenoxy) is 1. The molecule has 126 valence electrons. The van der Waals surface area contributed by atoms with Crippen molar-refractivity contribution in [3.8, 4) is 5.75 Å². The Balaban J connectivity index is 1.83. The van der Waals surface area contributed by atoms with Gasteiger partial charge in [0.25, 0.3) is 5.91 Å². The van der Waals surface area contributed by atoms with E-state index in [9.17, 15) is 9.59 Å². The van der Waals surface area contributed by atoms with Crippen LogP contribution in [0.4, 0.5) is 10.5 Å². The third kappa shape index (κ3) is 5.31. The molecule has 0 spiro atoms. The predicted octanol–water partition coefficient (Wildman–Crippen LogP) is 2.57. The molecule has 2 aromatic rings. The number of carbonyl (C=O) groups excluding carboxylic acids is 2. The topological polar surface area (TPSA) is 93.4 Å². The van der Waals surface area contributed by atoms with E-state index >= 15 is 0 Å². The summed E-state index contributed by atoms with van der Waals surface area (Å²) >= 11 is 0. The maximum Gasteiger partial charge on any atom is 0.316 e. The van der Waals surface area contributed by atoms with Gasteiger partial charge in [-0.1, -0.05) is 29.8 Å². The molecule has 24 heavy (non-hydrogen) atoms. The van der Waals surface area contributed by atoms with Crippen LogP contribution in [-0.2, 0) is 11.3 Å². The molecule has 3 amide bonds. The van der Waals surface area contributed by atoms with Crippen LogP contribution < -0.4 is 21.1 Å². The van der Waals surface area contributed by atoms with E-state index in [1.54, 1.807) is 31.2 Å². The molecule has 0 aliphatic carbocycles. The van der Waals surface area contributed by atoms with Gasteiger partial charge in [-0.15, -0.1) is 0 Å². The fourth-order valence-corrected chi connectivity index (χ4v) is 2.06. The molecule has 2 aromatic carbocycles. The van der Waals surface area contributed by atoms with Crippen LogP contribution >= 0.6 is 0 Å². The number of aryl methyl sites for hydroxylation is 1. The summed E-state index contributed by atoms with van der Waals surface area (Å²) in [6.45, 7) is 4.07. The van der Waals surface area contributed by atoms with Crippen molar-refractivity contribution in [1.29, 1.82) is 0 Å². The minimum absolute atomic E-state index is 0.199. The number of hydrogen-bond donors (Lipinski definition) is 3.